The molecule has 3 aliphatic heterocycles. The molecule has 6 atom stereocenters. The Balaban J connectivity index is 1.55. The molecule has 9 heteroatoms. The summed E-state index contributed by atoms with van der Waals surface area (Å²) in [4.78, 5) is 48.8. The maximum Gasteiger partial charge on any atom is 0.251 e. The molecule has 5 rings (SSSR count). The van der Waals surface area contributed by atoms with E-state index in [4.69, 9.17) is 11.6 Å². The van der Waals surface area contributed by atoms with Crippen molar-refractivity contribution in [2.45, 2.75) is 48.8 Å². The van der Waals surface area contributed by atoms with Crippen molar-refractivity contribution < 1.29 is 19.5 Å². The van der Waals surface area contributed by atoms with Crippen molar-refractivity contribution in [1.82, 2.24) is 9.80 Å². The maximum atomic E-state index is 14.8. The van der Waals surface area contributed by atoms with Gasteiger partial charge < -0.3 is 19.8 Å². The van der Waals surface area contributed by atoms with Gasteiger partial charge in [0.2, 0.25) is 11.8 Å². The van der Waals surface area contributed by atoms with Crippen molar-refractivity contribution in [3.8, 4) is 0 Å². The van der Waals surface area contributed by atoms with Crippen LogP contribution in [0.1, 0.15) is 31.7 Å². The maximum absolute atomic E-state index is 14.8. The number of carbonyl (C=O) groups is 3. The lowest BCUT2D eigenvalue weighted by Crippen LogP contribution is -2.57. The zero-order valence-corrected chi connectivity index (χ0v) is 26.2. The summed E-state index contributed by atoms with van der Waals surface area (Å²) >= 11 is 8.25. The highest BCUT2D eigenvalue weighted by Crippen LogP contribution is 2.69. The standard InChI is InChI=1S/C34H40ClN3O4S/c1-4-17-36(22-24-13-7-6-8-14-24)31(40)28-27-21-23(3)34(43-27)29(28)32(41)38(19-11-12-20-39)30(34)33(42)37(18-5-2)26-16-10-9-15-25(26)35/h4-10,13-16,23,27-30,39H,1-2,11-12,17-22H2,3H3/t23?,27-,28+,29-,30?,34?/m0/s1. The van der Waals surface area contributed by atoms with E-state index in [1.807, 2.05) is 42.5 Å². The van der Waals surface area contributed by atoms with Crippen LogP contribution in [0.25, 0.3) is 0 Å². The normalized spacial score (nSPS) is 27.2. The smallest absolute Gasteiger partial charge is 0.251 e. The van der Waals surface area contributed by atoms with Crippen molar-refractivity contribution in [3.05, 3.63) is 90.5 Å². The molecule has 228 valence electrons. The number of hydrogen-bond donors (Lipinski definition) is 1. The van der Waals surface area contributed by atoms with Crippen LogP contribution in [-0.4, -0.2) is 74.9 Å². The lowest BCUT2D eigenvalue weighted by molar-refractivity contribution is -0.144. The molecule has 7 nitrogen and oxygen atoms in total. The third-order valence-electron chi connectivity index (χ3n) is 9.17. The molecule has 2 aromatic carbocycles. The molecule has 0 saturated carbocycles. The van der Waals surface area contributed by atoms with E-state index in [0.29, 0.717) is 43.2 Å². The van der Waals surface area contributed by atoms with Gasteiger partial charge >= 0.3 is 0 Å². The van der Waals surface area contributed by atoms with Crippen LogP contribution in [-0.2, 0) is 20.9 Å². The number of rotatable bonds is 13. The molecular formula is C34H40ClN3O4S. The summed E-state index contributed by atoms with van der Waals surface area (Å²) in [5.41, 5.74) is 1.57. The van der Waals surface area contributed by atoms with Gasteiger partial charge in [-0.15, -0.1) is 24.9 Å². The van der Waals surface area contributed by atoms with Crippen LogP contribution in [0.5, 0.6) is 0 Å². The fourth-order valence-corrected chi connectivity index (χ4v) is 10.0. The van der Waals surface area contributed by atoms with Gasteiger partial charge in [0, 0.05) is 38.0 Å². The Morgan fingerprint density at radius 3 is 2.44 bits per heavy atom. The largest absolute Gasteiger partial charge is 0.396 e. The molecule has 0 radical (unpaired) electrons. The van der Waals surface area contributed by atoms with Crippen LogP contribution < -0.4 is 4.90 Å². The highest BCUT2D eigenvalue weighted by Gasteiger charge is 2.76. The monoisotopic (exact) mass is 621 g/mol. The van der Waals surface area contributed by atoms with Crippen LogP contribution in [0.3, 0.4) is 0 Å². The van der Waals surface area contributed by atoms with Crippen LogP contribution in [0.2, 0.25) is 5.02 Å². The van der Waals surface area contributed by atoms with Gasteiger partial charge in [0.25, 0.3) is 5.91 Å². The van der Waals surface area contributed by atoms with Crippen molar-refractivity contribution in [1.29, 1.82) is 0 Å². The van der Waals surface area contributed by atoms with E-state index in [1.165, 1.54) is 0 Å². The summed E-state index contributed by atoms with van der Waals surface area (Å²) < 4.78 is -0.758. The molecule has 1 N–H and O–H groups in total. The Labute approximate surface area is 263 Å². The van der Waals surface area contributed by atoms with Gasteiger partial charge in [-0.25, -0.2) is 0 Å². The van der Waals surface area contributed by atoms with Gasteiger partial charge in [0.05, 0.1) is 27.3 Å². The molecular weight excluding hydrogens is 582 g/mol. The number of thioether (sulfide) groups is 1. The Kier molecular flexibility index (Phi) is 9.69. The average molecular weight is 622 g/mol. The van der Waals surface area contributed by atoms with Gasteiger partial charge in [-0.2, -0.15) is 0 Å². The number of likely N-dealkylation sites (tertiary alicyclic amines) is 1. The Bertz CT molecular complexity index is 1370. The summed E-state index contributed by atoms with van der Waals surface area (Å²) in [5, 5.41) is 9.88. The average Bonchev–Trinajstić information content (AvgIpc) is 3.60. The second kappa shape index (κ2) is 13.3. The molecule has 0 aromatic heterocycles. The first-order valence-corrected chi connectivity index (χ1v) is 16.2. The molecule has 2 bridgehead atoms. The summed E-state index contributed by atoms with van der Waals surface area (Å²) in [7, 11) is 0. The van der Waals surface area contributed by atoms with Crippen LogP contribution in [0, 0.1) is 17.8 Å². The van der Waals surface area contributed by atoms with E-state index >= 15 is 0 Å². The van der Waals surface area contributed by atoms with Crippen LogP contribution >= 0.6 is 23.4 Å². The van der Waals surface area contributed by atoms with Crippen molar-refractivity contribution in [2.75, 3.05) is 31.1 Å². The lowest BCUT2D eigenvalue weighted by Gasteiger charge is -2.41. The van der Waals surface area contributed by atoms with Crippen LogP contribution in [0.4, 0.5) is 5.69 Å². The number of carbonyl (C=O) groups excluding carboxylic acids is 3. The number of aliphatic hydroxyl groups is 1. The van der Waals surface area contributed by atoms with E-state index in [-0.39, 0.29) is 42.0 Å². The Hall–Kier alpha value is -3.07. The fourth-order valence-electron chi connectivity index (χ4n) is 7.37. The van der Waals surface area contributed by atoms with Crippen molar-refractivity contribution in [3.63, 3.8) is 0 Å². The minimum absolute atomic E-state index is 0.00175. The highest BCUT2D eigenvalue weighted by atomic mass is 35.5. The van der Waals surface area contributed by atoms with Gasteiger partial charge in [-0.05, 0) is 42.9 Å². The number of aliphatic hydroxyl groups excluding tert-OH is 1. The topological polar surface area (TPSA) is 81.2 Å². The highest BCUT2D eigenvalue weighted by molar-refractivity contribution is 8.02. The molecule has 1 spiro atoms. The number of halogens is 1. The first-order valence-electron chi connectivity index (χ1n) is 15.0. The molecule has 3 amide bonds. The fraction of sp³-hybridized carbons (Fsp3) is 0.441. The zero-order chi connectivity index (χ0) is 30.7. The number of unbranched alkanes of at least 4 members (excludes halogenated alkanes) is 1. The molecule has 43 heavy (non-hydrogen) atoms. The number of benzene rings is 2. The third kappa shape index (κ3) is 5.54. The number of amides is 3. The third-order valence-corrected chi connectivity index (χ3v) is 11.6. The molecule has 3 heterocycles. The molecule has 0 aliphatic carbocycles. The minimum Gasteiger partial charge on any atom is -0.396 e. The van der Waals surface area contributed by atoms with Crippen molar-refractivity contribution in [2.24, 2.45) is 17.8 Å². The quantitative estimate of drug-likeness (QED) is 0.246. The summed E-state index contributed by atoms with van der Waals surface area (Å²) in [5.74, 6) is -1.55. The molecule has 2 aromatic rings. The Morgan fingerprint density at radius 2 is 1.77 bits per heavy atom. The SMILES string of the molecule is C=CCN(Cc1ccccc1)C(=O)[C@@H]1[C@@H]2CC(C)C3(S2)C(C(=O)N(CC=C)c2ccccc2Cl)N(CCCCO)C(=O)[C@H]13. The number of anilines is 1. The van der Waals surface area contributed by atoms with E-state index < -0.39 is 22.6 Å². The minimum atomic E-state index is -0.773. The predicted octanol–water partition coefficient (Wildman–Crippen LogP) is 5.18. The predicted molar refractivity (Wildman–Crippen MR) is 173 cm³/mol. The van der Waals surface area contributed by atoms with E-state index in [0.717, 1.165) is 12.0 Å². The van der Waals surface area contributed by atoms with Crippen molar-refractivity contribution >= 4 is 46.8 Å². The summed E-state index contributed by atoms with van der Waals surface area (Å²) in [6.07, 6.45) is 5.20. The zero-order valence-electron chi connectivity index (χ0n) is 24.6. The van der Waals surface area contributed by atoms with E-state index in [1.54, 1.807) is 50.7 Å². The van der Waals surface area contributed by atoms with Crippen LogP contribution in [0.15, 0.2) is 79.9 Å². The van der Waals surface area contributed by atoms with Gasteiger partial charge in [-0.1, -0.05) is 73.1 Å². The molecule has 3 aliphatic rings. The van der Waals surface area contributed by atoms with Gasteiger partial charge in [-0.3, -0.25) is 14.4 Å². The molecule has 3 unspecified atom stereocenters. The molecule has 3 fully saturated rings. The Morgan fingerprint density at radius 1 is 1.07 bits per heavy atom. The van der Waals surface area contributed by atoms with Gasteiger partial charge in [0.15, 0.2) is 0 Å². The number of nitrogens with zero attached hydrogens (tertiary/aromatic N) is 3. The van der Waals surface area contributed by atoms with E-state index in [2.05, 4.69) is 20.1 Å². The summed E-state index contributed by atoms with van der Waals surface area (Å²) in [6.45, 7) is 11.2. The van der Waals surface area contributed by atoms with E-state index in [9.17, 15) is 19.5 Å². The number of para-hydroxylation sites is 1. The summed E-state index contributed by atoms with van der Waals surface area (Å²) in [6, 6.07) is 16.2. The second-order valence-electron chi connectivity index (χ2n) is 11.7. The lowest BCUT2D eigenvalue weighted by atomic mass is 9.65. The first-order chi connectivity index (χ1) is 20.8. The molecule has 3 saturated heterocycles. The van der Waals surface area contributed by atoms with Gasteiger partial charge in [0.1, 0.15) is 6.04 Å². The first kappa shape index (κ1) is 31.4. The number of hydrogen-bond acceptors (Lipinski definition) is 5. The number of fused-ring (bicyclic) bond motifs is 1. The second-order valence-corrected chi connectivity index (χ2v) is 13.7.